The van der Waals surface area contributed by atoms with E-state index in [2.05, 4.69) is 43.5 Å². The molecule has 5 nitrogen and oxygen atoms in total. The predicted molar refractivity (Wildman–Crippen MR) is 123 cm³/mol. The zero-order valence-corrected chi connectivity index (χ0v) is 18.1. The van der Waals surface area contributed by atoms with Crippen molar-refractivity contribution >= 4 is 69.0 Å². The van der Waals surface area contributed by atoms with E-state index in [0.717, 1.165) is 15.0 Å². The average molecular weight is 525 g/mol. The molecule has 3 N–H and O–H groups in total. The number of rotatable bonds is 3. The van der Waals surface area contributed by atoms with Crippen LogP contribution in [0, 0.1) is 3.57 Å². The third-order valence-electron chi connectivity index (χ3n) is 4.36. The number of nitrogens with zero attached hydrogens (tertiary/aromatic N) is 1. The Hall–Kier alpha value is -2.03. The van der Waals surface area contributed by atoms with E-state index in [1.165, 1.54) is 0 Å². The van der Waals surface area contributed by atoms with Gasteiger partial charge in [0.05, 0.1) is 27.5 Å². The average Bonchev–Trinajstić information content (AvgIpc) is 3.08. The number of fused-ring (bicyclic) bond motifs is 1. The highest BCUT2D eigenvalue weighted by atomic mass is 127. The second kappa shape index (κ2) is 8.14. The van der Waals surface area contributed by atoms with Crippen molar-refractivity contribution < 1.29 is 4.79 Å². The first-order chi connectivity index (χ1) is 13.5. The minimum Gasteiger partial charge on any atom is -0.347 e. The number of carbonyl (C=O) groups is 1. The summed E-state index contributed by atoms with van der Waals surface area (Å²) in [7, 11) is 0. The Balaban J connectivity index is 1.48. The van der Waals surface area contributed by atoms with Crippen LogP contribution in [0.25, 0.3) is 0 Å². The number of benzene rings is 2. The molecule has 1 unspecified atom stereocenters. The van der Waals surface area contributed by atoms with Gasteiger partial charge in [0.2, 0.25) is 5.96 Å². The largest absolute Gasteiger partial charge is 0.347 e. The molecule has 1 aliphatic heterocycles. The number of amides is 1. The van der Waals surface area contributed by atoms with Crippen LogP contribution in [0.3, 0.4) is 0 Å². The fourth-order valence-corrected chi connectivity index (χ4v) is 3.80. The minimum atomic E-state index is -0.155. The van der Waals surface area contributed by atoms with Gasteiger partial charge in [-0.1, -0.05) is 35.3 Å². The molecule has 0 fully saturated rings. The summed E-state index contributed by atoms with van der Waals surface area (Å²) < 4.78 is 1.11. The normalized spacial score (nSPS) is 17.7. The highest BCUT2D eigenvalue weighted by molar-refractivity contribution is 14.1. The van der Waals surface area contributed by atoms with Crippen LogP contribution in [-0.2, 0) is 4.79 Å². The summed E-state index contributed by atoms with van der Waals surface area (Å²) in [5.41, 5.74) is 2.74. The van der Waals surface area contributed by atoms with Crippen LogP contribution < -0.4 is 16.0 Å². The molecule has 1 heterocycles. The number of anilines is 2. The molecule has 4 rings (SSSR count). The lowest BCUT2D eigenvalue weighted by Gasteiger charge is -2.17. The molecule has 0 bridgehead atoms. The van der Waals surface area contributed by atoms with Crippen molar-refractivity contribution in [3.63, 3.8) is 0 Å². The summed E-state index contributed by atoms with van der Waals surface area (Å²) in [4.78, 5) is 17.1. The molecule has 28 heavy (non-hydrogen) atoms. The quantitative estimate of drug-likeness (QED) is 0.484. The Morgan fingerprint density at radius 1 is 1.14 bits per heavy atom. The van der Waals surface area contributed by atoms with E-state index in [-0.39, 0.29) is 11.9 Å². The molecule has 0 aromatic heterocycles. The molecule has 1 aliphatic carbocycles. The Morgan fingerprint density at radius 3 is 2.57 bits per heavy atom. The SMILES string of the molecule is O=C(Nc1ccc(I)cc1)C1=CCC2NC(Nc3c(Cl)cccc3Cl)=NC2=C1. The van der Waals surface area contributed by atoms with Gasteiger partial charge in [0.15, 0.2) is 0 Å². The standard InChI is InChI=1S/C20H15Cl2IN4O/c21-14-2-1-3-15(22)18(14)27-20-25-16-9-4-11(10-17(16)26-20)19(28)24-13-7-5-12(23)6-8-13/h1-8,10,16H,9H2,(H,24,28)(H2,25,26,27). The van der Waals surface area contributed by atoms with Crippen molar-refractivity contribution in [2.24, 2.45) is 4.99 Å². The van der Waals surface area contributed by atoms with Crippen molar-refractivity contribution in [1.82, 2.24) is 5.32 Å². The molecule has 0 saturated carbocycles. The lowest BCUT2D eigenvalue weighted by atomic mass is 10.00. The summed E-state index contributed by atoms with van der Waals surface area (Å²) in [6.45, 7) is 0. The van der Waals surface area contributed by atoms with Gasteiger partial charge in [-0.25, -0.2) is 4.99 Å². The highest BCUT2D eigenvalue weighted by Gasteiger charge is 2.27. The molecular weight excluding hydrogens is 510 g/mol. The first-order valence-corrected chi connectivity index (χ1v) is 10.4. The maximum Gasteiger partial charge on any atom is 0.255 e. The van der Waals surface area contributed by atoms with Crippen molar-refractivity contribution in [2.45, 2.75) is 12.5 Å². The summed E-state index contributed by atoms with van der Waals surface area (Å²) in [6.07, 6.45) is 4.36. The summed E-state index contributed by atoms with van der Waals surface area (Å²) in [5.74, 6) is 0.400. The highest BCUT2D eigenvalue weighted by Crippen LogP contribution is 2.31. The Labute approximate surface area is 186 Å². The summed E-state index contributed by atoms with van der Waals surface area (Å²) in [6, 6.07) is 13.0. The van der Waals surface area contributed by atoms with E-state index in [9.17, 15) is 4.79 Å². The van der Waals surface area contributed by atoms with E-state index in [4.69, 9.17) is 23.2 Å². The van der Waals surface area contributed by atoms with Crippen molar-refractivity contribution in [3.8, 4) is 0 Å². The molecule has 2 aliphatic rings. The third kappa shape index (κ3) is 4.19. The van der Waals surface area contributed by atoms with Gasteiger partial charge in [-0.3, -0.25) is 4.79 Å². The van der Waals surface area contributed by atoms with Crippen LogP contribution in [0.5, 0.6) is 0 Å². The van der Waals surface area contributed by atoms with Crippen molar-refractivity contribution in [3.05, 3.63) is 79.5 Å². The van der Waals surface area contributed by atoms with E-state index in [1.807, 2.05) is 30.3 Å². The lowest BCUT2D eigenvalue weighted by Crippen LogP contribution is -2.34. The van der Waals surface area contributed by atoms with Crippen LogP contribution in [0.2, 0.25) is 10.0 Å². The third-order valence-corrected chi connectivity index (χ3v) is 5.71. The van der Waals surface area contributed by atoms with Crippen LogP contribution in [-0.4, -0.2) is 17.9 Å². The van der Waals surface area contributed by atoms with E-state index in [0.29, 0.717) is 33.7 Å². The Bertz CT molecular complexity index is 1010. The van der Waals surface area contributed by atoms with Gasteiger partial charge in [0.25, 0.3) is 5.91 Å². The first kappa shape index (κ1) is 19.3. The monoisotopic (exact) mass is 524 g/mol. The number of carbonyl (C=O) groups excluding carboxylic acids is 1. The van der Waals surface area contributed by atoms with Gasteiger partial charge in [0.1, 0.15) is 0 Å². The number of para-hydroxylation sites is 1. The minimum absolute atomic E-state index is 0.0126. The predicted octanol–water partition coefficient (Wildman–Crippen LogP) is 5.19. The fourth-order valence-electron chi connectivity index (χ4n) is 2.95. The molecular formula is C20H15Cl2IN4O. The Morgan fingerprint density at radius 2 is 1.86 bits per heavy atom. The van der Waals surface area contributed by atoms with Gasteiger partial charge in [-0.15, -0.1) is 0 Å². The second-order valence-electron chi connectivity index (χ2n) is 6.30. The summed E-state index contributed by atoms with van der Waals surface area (Å²) in [5, 5.41) is 10.4. The van der Waals surface area contributed by atoms with Crippen LogP contribution in [0.15, 0.2) is 70.9 Å². The number of hydrogen-bond acceptors (Lipinski definition) is 4. The smallest absolute Gasteiger partial charge is 0.255 e. The fraction of sp³-hybridized carbons (Fsp3) is 0.100. The maximum absolute atomic E-state index is 12.6. The van der Waals surface area contributed by atoms with Crippen molar-refractivity contribution in [1.29, 1.82) is 0 Å². The van der Waals surface area contributed by atoms with E-state index >= 15 is 0 Å². The number of hydrogen-bond donors (Lipinski definition) is 3. The zero-order valence-electron chi connectivity index (χ0n) is 14.5. The first-order valence-electron chi connectivity index (χ1n) is 8.54. The van der Waals surface area contributed by atoms with Gasteiger partial charge in [0, 0.05) is 14.8 Å². The maximum atomic E-state index is 12.6. The van der Waals surface area contributed by atoms with Gasteiger partial charge < -0.3 is 16.0 Å². The topological polar surface area (TPSA) is 65.5 Å². The van der Waals surface area contributed by atoms with Gasteiger partial charge in [-0.2, -0.15) is 0 Å². The molecule has 1 atom stereocenters. The number of nitrogens with one attached hydrogen (secondary N) is 3. The Kier molecular flexibility index (Phi) is 5.61. The van der Waals surface area contributed by atoms with Gasteiger partial charge in [-0.05, 0) is 71.5 Å². The molecule has 0 saturated heterocycles. The van der Waals surface area contributed by atoms with Gasteiger partial charge >= 0.3 is 0 Å². The molecule has 0 spiro atoms. The number of halogens is 3. The van der Waals surface area contributed by atoms with Crippen LogP contribution in [0.4, 0.5) is 11.4 Å². The lowest BCUT2D eigenvalue weighted by molar-refractivity contribution is -0.112. The van der Waals surface area contributed by atoms with E-state index in [1.54, 1.807) is 24.3 Å². The summed E-state index contributed by atoms with van der Waals surface area (Å²) >= 11 is 14.6. The molecule has 8 heteroatoms. The number of guanidine groups is 1. The van der Waals surface area contributed by atoms with Crippen LogP contribution >= 0.6 is 45.8 Å². The molecule has 142 valence electrons. The van der Waals surface area contributed by atoms with E-state index < -0.39 is 0 Å². The number of aliphatic imine (C=N–C) groups is 1. The van der Waals surface area contributed by atoms with Crippen LogP contribution in [0.1, 0.15) is 6.42 Å². The second-order valence-corrected chi connectivity index (χ2v) is 8.36. The molecule has 0 radical (unpaired) electrons. The van der Waals surface area contributed by atoms with Crippen molar-refractivity contribution in [2.75, 3.05) is 10.6 Å². The molecule has 2 aromatic rings. The molecule has 2 aromatic carbocycles. The zero-order chi connectivity index (χ0) is 19.7. The molecule has 1 amide bonds.